The molecule has 2 aromatic rings. The maximum Gasteiger partial charge on any atom is 0.407 e. The van der Waals surface area contributed by atoms with E-state index in [9.17, 15) is 23.1 Å². The number of rotatable bonds is 9. The van der Waals surface area contributed by atoms with E-state index in [2.05, 4.69) is 10.4 Å². The average molecular weight is 493 g/mol. The van der Waals surface area contributed by atoms with Crippen LogP contribution < -0.4 is 5.32 Å². The van der Waals surface area contributed by atoms with Crippen LogP contribution in [0.25, 0.3) is 0 Å². The van der Waals surface area contributed by atoms with Crippen LogP contribution in [0.4, 0.5) is 4.79 Å². The van der Waals surface area contributed by atoms with Crippen LogP contribution in [0.3, 0.4) is 0 Å². The maximum absolute atomic E-state index is 12.2. The minimum absolute atomic E-state index is 0.0530. The lowest BCUT2D eigenvalue weighted by Gasteiger charge is -2.19. The maximum atomic E-state index is 12.2. The highest BCUT2D eigenvalue weighted by Crippen LogP contribution is 2.21. The number of benzene rings is 1. The summed E-state index contributed by atoms with van der Waals surface area (Å²) < 4.78 is 32.4. The predicted molar refractivity (Wildman–Crippen MR) is 127 cm³/mol. The summed E-state index contributed by atoms with van der Waals surface area (Å²) in [5.41, 5.74) is 1.37. The van der Waals surface area contributed by atoms with Crippen molar-refractivity contribution in [3.8, 4) is 0 Å². The number of hydrogen-bond donors (Lipinski definition) is 2. The van der Waals surface area contributed by atoms with Crippen LogP contribution >= 0.6 is 0 Å². The van der Waals surface area contributed by atoms with E-state index in [1.54, 1.807) is 56.7 Å². The van der Waals surface area contributed by atoms with E-state index >= 15 is 0 Å². The van der Waals surface area contributed by atoms with Crippen LogP contribution in [0.15, 0.2) is 41.3 Å². The molecule has 1 aromatic heterocycles. The summed E-state index contributed by atoms with van der Waals surface area (Å²) in [6.07, 6.45) is 3.27. The fraction of sp³-hybridized carbons (Fsp3) is 0.435. The van der Waals surface area contributed by atoms with Crippen LogP contribution in [-0.4, -0.2) is 65.9 Å². The van der Waals surface area contributed by atoms with Gasteiger partial charge in [0.15, 0.2) is 5.69 Å². The molecule has 2 rings (SSSR count). The first-order valence-corrected chi connectivity index (χ1v) is 12.1. The number of carbonyl (C=O) groups is 2. The predicted octanol–water partition coefficient (Wildman–Crippen LogP) is 2.81. The van der Waals surface area contributed by atoms with Gasteiger partial charge in [0.05, 0.1) is 11.4 Å². The Morgan fingerprint density at radius 1 is 1.18 bits per heavy atom. The van der Waals surface area contributed by atoms with Crippen molar-refractivity contribution in [2.45, 2.75) is 51.2 Å². The number of alkyl carbamates (subject to hydrolysis) is 1. The van der Waals surface area contributed by atoms with Gasteiger partial charge in [-0.3, -0.25) is 4.68 Å². The Hall–Kier alpha value is -3.18. The van der Waals surface area contributed by atoms with Gasteiger partial charge in [0, 0.05) is 38.3 Å². The number of carboxylic acid groups (broad SMARTS) is 1. The molecule has 0 fully saturated rings. The average Bonchev–Trinajstić information content (AvgIpc) is 3.02. The minimum atomic E-state index is -3.54. The zero-order valence-electron chi connectivity index (χ0n) is 20.3. The second kappa shape index (κ2) is 10.8. The summed E-state index contributed by atoms with van der Waals surface area (Å²) in [6, 6.07) is 6.35. The topological polar surface area (TPSA) is 131 Å². The number of nitrogens with zero attached hydrogens (tertiary/aromatic N) is 3. The second-order valence-corrected chi connectivity index (χ2v) is 11.0. The quantitative estimate of drug-likeness (QED) is 0.515. The Morgan fingerprint density at radius 3 is 2.32 bits per heavy atom. The lowest BCUT2D eigenvalue weighted by molar-refractivity contribution is 0.0533. The summed E-state index contributed by atoms with van der Waals surface area (Å²) in [6.45, 7) is 7.70. The third kappa shape index (κ3) is 7.16. The molecule has 0 aliphatic carbocycles. The van der Waals surface area contributed by atoms with Crippen molar-refractivity contribution in [1.29, 1.82) is 0 Å². The number of ether oxygens (including phenoxy) is 1. The summed E-state index contributed by atoms with van der Waals surface area (Å²) >= 11 is 0. The van der Waals surface area contributed by atoms with E-state index in [0.29, 0.717) is 24.2 Å². The Morgan fingerprint density at radius 2 is 1.79 bits per heavy atom. The SMILES string of the molecule is Cc1c(Cc2ccc(S(=O)(=O)N(C)C)cc2)c(C(=O)O)nn1CC=CCNC(=O)OC(C)(C)C. The molecule has 34 heavy (non-hydrogen) atoms. The van der Waals surface area contributed by atoms with E-state index in [-0.39, 0.29) is 17.1 Å². The third-order valence-corrected chi connectivity index (χ3v) is 6.65. The molecular formula is C23H32N4O6S. The monoisotopic (exact) mass is 492 g/mol. The molecule has 0 saturated heterocycles. The van der Waals surface area contributed by atoms with Gasteiger partial charge in [-0.1, -0.05) is 24.3 Å². The zero-order valence-corrected chi connectivity index (χ0v) is 21.1. The van der Waals surface area contributed by atoms with Crippen molar-refractivity contribution in [2.75, 3.05) is 20.6 Å². The normalized spacial score (nSPS) is 12.3. The fourth-order valence-corrected chi connectivity index (χ4v) is 3.95. The van der Waals surface area contributed by atoms with Crippen molar-refractivity contribution >= 4 is 22.1 Å². The lowest BCUT2D eigenvalue weighted by atomic mass is 10.0. The Kier molecular flexibility index (Phi) is 8.62. The number of hydrogen-bond acceptors (Lipinski definition) is 6. The zero-order chi connectivity index (χ0) is 25.7. The number of amides is 1. The van der Waals surface area contributed by atoms with Gasteiger partial charge < -0.3 is 15.2 Å². The van der Waals surface area contributed by atoms with Crippen LogP contribution in [0.1, 0.15) is 48.1 Å². The molecular weight excluding hydrogens is 460 g/mol. The van der Waals surface area contributed by atoms with Gasteiger partial charge in [0.2, 0.25) is 10.0 Å². The summed E-state index contributed by atoms with van der Waals surface area (Å²) in [5, 5.41) is 16.4. The number of carbonyl (C=O) groups excluding carboxylic acids is 1. The van der Waals surface area contributed by atoms with Gasteiger partial charge in [0.1, 0.15) is 5.60 Å². The van der Waals surface area contributed by atoms with Gasteiger partial charge in [-0.2, -0.15) is 5.10 Å². The van der Waals surface area contributed by atoms with E-state index in [0.717, 1.165) is 9.87 Å². The van der Waals surface area contributed by atoms with E-state index < -0.39 is 27.7 Å². The van der Waals surface area contributed by atoms with Gasteiger partial charge in [0.25, 0.3) is 0 Å². The Labute approximate surface area is 200 Å². The van der Waals surface area contributed by atoms with Gasteiger partial charge in [-0.15, -0.1) is 0 Å². The first kappa shape index (κ1) is 27.1. The number of nitrogens with one attached hydrogen (secondary N) is 1. The largest absolute Gasteiger partial charge is 0.476 e. The van der Waals surface area contributed by atoms with Crippen molar-refractivity contribution in [1.82, 2.24) is 19.4 Å². The number of allylic oxidation sites excluding steroid dienone is 1. The molecule has 0 spiro atoms. The molecule has 0 bridgehead atoms. The second-order valence-electron chi connectivity index (χ2n) is 8.86. The fourth-order valence-electron chi connectivity index (χ4n) is 3.05. The third-order valence-electron chi connectivity index (χ3n) is 4.82. The summed E-state index contributed by atoms with van der Waals surface area (Å²) in [7, 11) is -0.620. The van der Waals surface area contributed by atoms with Crippen molar-refractivity contribution in [2.24, 2.45) is 0 Å². The summed E-state index contributed by atoms with van der Waals surface area (Å²) in [5.74, 6) is -1.14. The molecule has 2 N–H and O–H groups in total. The molecule has 186 valence electrons. The first-order chi connectivity index (χ1) is 15.7. The van der Waals surface area contributed by atoms with Crippen molar-refractivity contribution in [3.05, 3.63) is 58.9 Å². The van der Waals surface area contributed by atoms with Crippen LogP contribution in [-0.2, 0) is 27.7 Å². The first-order valence-electron chi connectivity index (χ1n) is 10.6. The lowest BCUT2D eigenvalue weighted by Crippen LogP contribution is -2.32. The van der Waals surface area contributed by atoms with E-state index in [4.69, 9.17) is 4.74 Å². The molecule has 0 atom stereocenters. The minimum Gasteiger partial charge on any atom is -0.476 e. The number of aromatic carboxylic acids is 1. The smallest absolute Gasteiger partial charge is 0.407 e. The van der Waals surface area contributed by atoms with E-state index in [1.807, 2.05) is 0 Å². The molecule has 0 aliphatic heterocycles. The van der Waals surface area contributed by atoms with Crippen LogP contribution in [0.2, 0.25) is 0 Å². The van der Waals surface area contributed by atoms with Gasteiger partial charge >= 0.3 is 12.1 Å². The molecule has 0 unspecified atom stereocenters. The standard InChI is InChI=1S/C23H32N4O6S/c1-16-19(15-17-9-11-18(12-10-17)34(31,32)26(5)6)20(21(28)29)25-27(16)14-8-7-13-24-22(30)33-23(2,3)4/h7-12H,13-15H2,1-6H3,(H,24,30)(H,28,29). The highest BCUT2D eigenvalue weighted by atomic mass is 32.2. The molecule has 0 radical (unpaired) electrons. The molecule has 10 nitrogen and oxygen atoms in total. The van der Waals surface area contributed by atoms with E-state index in [1.165, 1.54) is 26.2 Å². The van der Waals surface area contributed by atoms with Gasteiger partial charge in [-0.25, -0.2) is 22.3 Å². The molecule has 0 saturated carbocycles. The summed E-state index contributed by atoms with van der Waals surface area (Å²) in [4.78, 5) is 23.6. The number of carboxylic acids is 1. The van der Waals surface area contributed by atoms with Crippen LogP contribution in [0.5, 0.6) is 0 Å². The molecule has 0 aliphatic rings. The van der Waals surface area contributed by atoms with Crippen molar-refractivity contribution < 1.29 is 27.9 Å². The number of sulfonamides is 1. The van der Waals surface area contributed by atoms with Crippen LogP contribution in [0, 0.1) is 6.92 Å². The Bertz CT molecular complexity index is 1160. The highest BCUT2D eigenvalue weighted by Gasteiger charge is 2.21. The molecule has 1 amide bonds. The molecule has 11 heteroatoms. The van der Waals surface area contributed by atoms with Gasteiger partial charge in [-0.05, 0) is 45.4 Å². The van der Waals surface area contributed by atoms with Crippen molar-refractivity contribution in [3.63, 3.8) is 0 Å². The number of aromatic nitrogens is 2. The molecule has 1 aromatic carbocycles. The Balaban J connectivity index is 2.11. The molecule has 1 heterocycles. The highest BCUT2D eigenvalue weighted by molar-refractivity contribution is 7.89.